The number of halogens is 2. The molecule has 0 aliphatic rings. The van der Waals surface area contributed by atoms with Crippen LogP contribution in [-0.2, 0) is 6.42 Å². The van der Waals surface area contributed by atoms with Crippen molar-refractivity contribution in [2.45, 2.75) is 32.7 Å². The molecule has 0 amide bonds. The van der Waals surface area contributed by atoms with Crippen LogP contribution in [0.1, 0.15) is 37.4 Å². The molecule has 20 heavy (non-hydrogen) atoms. The molecular weight excluding hydrogens is 378 g/mol. The van der Waals surface area contributed by atoms with E-state index in [4.69, 9.17) is 0 Å². The Morgan fingerprint density at radius 3 is 2.40 bits per heavy atom. The minimum absolute atomic E-state index is 0.332. The molecule has 0 bridgehead atoms. The van der Waals surface area contributed by atoms with Gasteiger partial charge < -0.3 is 5.32 Å². The minimum atomic E-state index is 0.332. The van der Waals surface area contributed by atoms with Crippen molar-refractivity contribution >= 4 is 37.5 Å². The summed E-state index contributed by atoms with van der Waals surface area (Å²) in [5.41, 5.74) is 3.88. The SMILES string of the molecule is CCc1cc(Br)ccc1NC(CC)c1cccc(Br)c1. The molecule has 2 aromatic rings. The highest BCUT2D eigenvalue weighted by atomic mass is 79.9. The van der Waals surface area contributed by atoms with E-state index < -0.39 is 0 Å². The van der Waals surface area contributed by atoms with Crippen LogP contribution in [0.3, 0.4) is 0 Å². The van der Waals surface area contributed by atoms with E-state index in [0.717, 1.165) is 21.8 Å². The van der Waals surface area contributed by atoms with E-state index in [0.29, 0.717) is 6.04 Å². The minimum Gasteiger partial charge on any atom is -0.378 e. The van der Waals surface area contributed by atoms with Gasteiger partial charge in [0.25, 0.3) is 0 Å². The molecule has 0 spiro atoms. The second-order valence-electron chi connectivity index (χ2n) is 4.82. The molecule has 0 radical (unpaired) electrons. The maximum Gasteiger partial charge on any atom is 0.0511 e. The van der Waals surface area contributed by atoms with E-state index in [9.17, 15) is 0 Å². The lowest BCUT2D eigenvalue weighted by atomic mass is 10.0. The Labute approximate surface area is 138 Å². The number of rotatable bonds is 5. The topological polar surface area (TPSA) is 12.0 Å². The quantitative estimate of drug-likeness (QED) is 0.621. The first-order valence-corrected chi connectivity index (χ1v) is 8.53. The average Bonchev–Trinajstić information content (AvgIpc) is 2.45. The predicted molar refractivity (Wildman–Crippen MR) is 94.3 cm³/mol. The van der Waals surface area contributed by atoms with E-state index >= 15 is 0 Å². The van der Waals surface area contributed by atoms with Crippen molar-refractivity contribution in [2.75, 3.05) is 5.32 Å². The zero-order valence-electron chi connectivity index (χ0n) is 11.8. The van der Waals surface area contributed by atoms with Crippen LogP contribution in [0.2, 0.25) is 0 Å². The second-order valence-corrected chi connectivity index (χ2v) is 6.65. The van der Waals surface area contributed by atoms with Crippen LogP contribution in [0.15, 0.2) is 51.4 Å². The molecule has 1 atom stereocenters. The number of benzene rings is 2. The van der Waals surface area contributed by atoms with Gasteiger partial charge in [-0.1, -0.05) is 57.8 Å². The molecule has 1 nitrogen and oxygen atoms in total. The normalized spacial score (nSPS) is 12.2. The largest absolute Gasteiger partial charge is 0.378 e. The molecule has 2 rings (SSSR count). The molecular formula is C17H19Br2N. The predicted octanol–water partition coefficient (Wildman–Crippen LogP) is 6.34. The summed E-state index contributed by atoms with van der Waals surface area (Å²) in [6.07, 6.45) is 2.08. The third-order valence-corrected chi connectivity index (χ3v) is 4.42. The molecule has 0 aromatic heterocycles. The van der Waals surface area contributed by atoms with Gasteiger partial charge >= 0.3 is 0 Å². The monoisotopic (exact) mass is 395 g/mol. The fourth-order valence-electron chi connectivity index (χ4n) is 2.33. The van der Waals surface area contributed by atoms with Crippen molar-refractivity contribution in [2.24, 2.45) is 0 Å². The summed E-state index contributed by atoms with van der Waals surface area (Å²) in [5.74, 6) is 0. The lowest BCUT2D eigenvalue weighted by Gasteiger charge is -2.21. The van der Waals surface area contributed by atoms with Gasteiger partial charge in [-0.2, -0.15) is 0 Å². The summed E-state index contributed by atoms with van der Waals surface area (Å²) < 4.78 is 2.26. The fraction of sp³-hybridized carbons (Fsp3) is 0.294. The van der Waals surface area contributed by atoms with Gasteiger partial charge in [0.05, 0.1) is 6.04 Å². The Hall–Kier alpha value is -0.800. The Morgan fingerprint density at radius 1 is 1.00 bits per heavy atom. The second kappa shape index (κ2) is 7.28. The maximum absolute atomic E-state index is 3.68. The molecule has 3 heteroatoms. The van der Waals surface area contributed by atoms with Gasteiger partial charge in [-0.15, -0.1) is 0 Å². The molecule has 106 valence electrons. The number of aryl methyl sites for hydroxylation is 1. The van der Waals surface area contributed by atoms with E-state index in [2.05, 4.69) is 93.5 Å². The van der Waals surface area contributed by atoms with E-state index in [-0.39, 0.29) is 0 Å². The summed E-state index contributed by atoms with van der Waals surface area (Å²) >= 11 is 7.09. The number of hydrogen-bond acceptors (Lipinski definition) is 1. The highest BCUT2D eigenvalue weighted by Crippen LogP contribution is 2.28. The van der Waals surface area contributed by atoms with Crippen molar-refractivity contribution in [1.29, 1.82) is 0 Å². The molecule has 1 N–H and O–H groups in total. The Bertz CT molecular complexity index is 581. The number of hydrogen-bond donors (Lipinski definition) is 1. The molecule has 0 heterocycles. The molecule has 0 aliphatic carbocycles. The van der Waals surface area contributed by atoms with Crippen molar-refractivity contribution in [1.82, 2.24) is 0 Å². The van der Waals surface area contributed by atoms with Crippen LogP contribution >= 0.6 is 31.9 Å². The van der Waals surface area contributed by atoms with Crippen LogP contribution in [0.25, 0.3) is 0 Å². The standard InChI is InChI=1S/C17H19Br2N/c1-3-12-10-15(19)8-9-17(12)20-16(4-2)13-6-5-7-14(18)11-13/h5-11,16,20H,3-4H2,1-2H3. The summed E-state index contributed by atoms with van der Waals surface area (Å²) in [6.45, 7) is 4.40. The zero-order valence-corrected chi connectivity index (χ0v) is 15.0. The van der Waals surface area contributed by atoms with Gasteiger partial charge in [-0.25, -0.2) is 0 Å². The van der Waals surface area contributed by atoms with Crippen LogP contribution in [-0.4, -0.2) is 0 Å². The molecule has 0 fully saturated rings. The van der Waals surface area contributed by atoms with Gasteiger partial charge in [-0.3, -0.25) is 0 Å². The van der Waals surface area contributed by atoms with Crippen LogP contribution in [0.4, 0.5) is 5.69 Å². The van der Waals surface area contributed by atoms with E-state index in [1.165, 1.54) is 16.8 Å². The molecule has 0 aliphatic heterocycles. The first-order valence-electron chi connectivity index (χ1n) is 6.94. The van der Waals surface area contributed by atoms with Crippen LogP contribution in [0.5, 0.6) is 0 Å². The van der Waals surface area contributed by atoms with Gasteiger partial charge in [-0.05, 0) is 54.3 Å². The Kier molecular flexibility index (Phi) is 5.67. The van der Waals surface area contributed by atoms with Gasteiger partial charge in [0.2, 0.25) is 0 Å². The molecule has 1 unspecified atom stereocenters. The zero-order chi connectivity index (χ0) is 14.5. The van der Waals surface area contributed by atoms with Gasteiger partial charge in [0.1, 0.15) is 0 Å². The van der Waals surface area contributed by atoms with Crippen molar-refractivity contribution in [3.05, 3.63) is 62.5 Å². The first-order chi connectivity index (χ1) is 9.63. The van der Waals surface area contributed by atoms with Crippen LogP contribution in [0, 0.1) is 0 Å². The summed E-state index contributed by atoms with van der Waals surface area (Å²) in [6, 6.07) is 15.3. The fourth-order valence-corrected chi connectivity index (χ4v) is 3.15. The third kappa shape index (κ3) is 3.86. The summed E-state index contributed by atoms with van der Waals surface area (Å²) in [7, 11) is 0. The first kappa shape index (κ1) is 15.6. The van der Waals surface area contributed by atoms with Crippen LogP contribution < -0.4 is 5.32 Å². The number of nitrogens with one attached hydrogen (secondary N) is 1. The Balaban J connectivity index is 2.26. The van der Waals surface area contributed by atoms with Gasteiger partial charge in [0.15, 0.2) is 0 Å². The van der Waals surface area contributed by atoms with Crippen molar-refractivity contribution < 1.29 is 0 Å². The lowest BCUT2D eigenvalue weighted by Crippen LogP contribution is -2.11. The van der Waals surface area contributed by atoms with Crippen molar-refractivity contribution in [3.8, 4) is 0 Å². The third-order valence-electron chi connectivity index (χ3n) is 3.44. The highest BCUT2D eigenvalue weighted by molar-refractivity contribution is 9.10. The van der Waals surface area contributed by atoms with Gasteiger partial charge in [0, 0.05) is 14.6 Å². The van der Waals surface area contributed by atoms with E-state index in [1.807, 2.05) is 0 Å². The lowest BCUT2D eigenvalue weighted by molar-refractivity contribution is 0.747. The molecule has 0 saturated carbocycles. The number of anilines is 1. The maximum atomic E-state index is 3.68. The molecule has 0 saturated heterocycles. The highest BCUT2D eigenvalue weighted by Gasteiger charge is 2.11. The Morgan fingerprint density at radius 2 is 1.75 bits per heavy atom. The van der Waals surface area contributed by atoms with E-state index in [1.54, 1.807) is 0 Å². The average molecular weight is 397 g/mol. The molecule has 2 aromatic carbocycles. The summed E-state index contributed by atoms with van der Waals surface area (Å²) in [5, 5.41) is 3.68. The smallest absolute Gasteiger partial charge is 0.0511 e. The van der Waals surface area contributed by atoms with Crippen molar-refractivity contribution in [3.63, 3.8) is 0 Å². The summed E-state index contributed by atoms with van der Waals surface area (Å²) in [4.78, 5) is 0.